The summed E-state index contributed by atoms with van der Waals surface area (Å²) in [5, 5.41) is 8.79. The maximum absolute atomic E-state index is 10.7. The van der Waals surface area contributed by atoms with Gasteiger partial charge in [-0.2, -0.15) is 0 Å². The van der Waals surface area contributed by atoms with Crippen LogP contribution in [0.4, 0.5) is 0 Å². The van der Waals surface area contributed by atoms with Crippen LogP contribution in [0, 0.1) is 6.92 Å². The fraction of sp³-hybridized carbons (Fsp3) is 0.100. The van der Waals surface area contributed by atoms with Gasteiger partial charge in [0.15, 0.2) is 0 Å². The molecule has 2 rings (SSSR count). The lowest BCUT2D eigenvalue weighted by Crippen LogP contribution is -1.90. The highest BCUT2D eigenvalue weighted by atomic mass is 32.1. The van der Waals surface area contributed by atoms with Crippen LogP contribution in [0.5, 0.6) is 0 Å². The number of hydrogen-bond acceptors (Lipinski definition) is 4. The number of rotatable bonds is 2. The van der Waals surface area contributed by atoms with Gasteiger partial charge in [-0.25, -0.2) is 4.79 Å². The molecule has 0 aliphatic carbocycles. The minimum atomic E-state index is -0.909. The molecule has 0 bridgehead atoms. The third kappa shape index (κ3) is 1.87. The summed E-state index contributed by atoms with van der Waals surface area (Å²) >= 11 is 1.21. The third-order valence-corrected chi connectivity index (χ3v) is 3.01. The van der Waals surface area contributed by atoms with Gasteiger partial charge in [-0.1, -0.05) is 0 Å². The van der Waals surface area contributed by atoms with Crippen molar-refractivity contribution in [1.82, 2.24) is 9.97 Å². The van der Waals surface area contributed by atoms with Gasteiger partial charge in [0, 0.05) is 12.4 Å². The van der Waals surface area contributed by atoms with Gasteiger partial charge in [0.1, 0.15) is 10.6 Å². The maximum Gasteiger partial charge on any atom is 0.345 e. The van der Waals surface area contributed by atoms with Crippen molar-refractivity contribution in [3.63, 3.8) is 0 Å². The number of carbonyl (C=O) groups is 1. The topological polar surface area (TPSA) is 63.1 Å². The lowest BCUT2D eigenvalue weighted by molar-refractivity contribution is 0.0702. The monoisotopic (exact) mass is 220 g/mol. The van der Waals surface area contributed by atoms with Gasteiger partial charge in [0.05, 0.1) is 10.6 Å². The van der Waals surface area contributed by atoms with Gasteiger partial charge in [-0.15, -0.1) is 11.3 Å². The predicted octanol–water partition coefficient (Wildman–Crippen LogP) is 2.21. The summed E-state index contributed by atoms with van der Waals surface area (Å²) in [5.74, 6) is -0.909. The smallest absolute Gasteiger partial charge is 0.345 e. The van der Waals surface area contributed by atoms with E-state index in [0.717, 1.165) is 16.3 Å². The standard InChI is InChI=1S/C10H8N2O2S/c1-6-9(12-5-4-11-6)7-2-3-8(15-7)10(13)14/h2-5H,1H3,(H,13,14). The highest BCUT2D eigenvalue weighted by Crippen LogP contribution is 2.27. The van der Waals surface area contributed by atoms with Gasteiger partial charge >= 0.3 is 5.97 Å². The average Bonchev–Trinajstić information content (AvgIpc) is 2.67. The summed E-state index contributed by atoms with van der Waals surface area (Å²) in [4.78, 5) is 20.1. The lowest BCUT2D eigenvalue weighted by Gasteiger charge is -1.98. The van der Waals surface area contributed by atoms with E-state index in [1.54, 1.807) is 24.5 Å². The fourth-order valence-electron chi connectivity index (χ4n) is 1.23. The van der Waals surface area contributed by atoms with Crippen molar-refractivity contribution in [2.75, 3.05) is 0 Å². The van der Waals surface area contributed by atoms with Crippen molar-refractivity contribution in [2.45, 2.75) is 6.92 Å². The Kier molecular flexibility index (Phi) is 2.47. The molecule has 0 spiro atoms. The second-order valence-electron chi connectivity index (χ2n) is 2.96. The molecule has 2 aromatic rings. The van der Waals surface area contributed by atoms with Crippen LogP contribution in [-0.4, -0.2) is 21.0 Å². The highest BCUT2D eigenvalue weighted by Gasteiger charge is 2.10. The van der Waals surface area contributed by atoms with Crippen molar-refractivity contribution in [3.05, 3.63) is 35.1 Å². The van der Waals surface area contributed by atoms with Crippen molar-refractivity contribution >= 4 is 17.3 Å². The Morgan fingerprint density at radius 2 is 2.07 bits per heavy atom. The van der Waals surface area contributed by atoms with Crippen LogP contribution < -0.4 is 0 Å². The number of carboxylic acid groups (broad SMARTS) is 1. The molecule has 0 aromatic carbocycles. The lowest BCUT2D eigenvalue weighted by atomic mass is 10.3. The van der Waals surface area contributed by atoms with E-state index in [0.29, 0.717) is 4.88 Å². The van der Waals surface area contributed by atoms with E-state index in [-0.39, 0.29) is 0 Å². The Labute approximate surface area is 90.3 Å². The summed E-state index contributed by atoms with van der Waals surface area (Å²) in [6, 6.07) is 3.33. The van der Waals surface area contributed by atoms with Gasteiger partial charge in [-0.3, -0.25) is 9.97 Å². The molecule has 0 saturated heterocycles. The molecule has 0 atom stereocenters. The number of aryl methyl sites for hydroxylation is 1. The number of thiophene rings is 1. The van der Waals surface area contributed by atoms with E-state index < -0.39 is 5.97 Å². The maximum atomic E-state index is 10.7. The highest BCUT2D eigenvalue weighted by molar-refractivity contribution is 7.17. The van der Waals surface area contributed by atoms with Crippen molar-refractivity contribution < 1.29 is 9.90 Å². The SMILES string of the molecule is Cc1nccnc1-c1ccc(C(=O)O)s1. The van der Waals surface area contributed by atoms with E-state index in [1.807, 2.05) is 6.92 Å². The van der Waals surface area contributed by atoms with Crippen LogP contribution >= 0.6 is 11.3 Å². The Hall–Kier alpha value is -1.75. The van der Waals surface area contributed by atoms with E-state index in [4.69, 9.17) is 5.11 Å². The first-order valence-corrected chi connectivity index (χ1v) is 5.11. The summed E-state index contributed by atoms with van der Waals surface area (Å²) in [6.45, 7) is 1.85. The summed E-state index contributed by atoms with van der Waals surface area (Å²) in [7, 11) is 0. The minimum Gasteiger partial charge on any atom is -0.477 e. The van der Waals surface area contributed by atoms with Crippen LogP contribution in [0.25, 0.3) is 10.6 Å². The zero-order valence-electron chi connectivity index (χ0n) is 7.97. The normalized spacial score (nSPS) is 10.2. The molecular formula is C10H8N2O2S. The molecule has 2 aromatic heterocycles. The molecule has 1 N–H and O–H groups in total. The molecule has 0 unspecified atom stereocenters. The largest absolute Gasteiger partial charge is 0.477 e. The van der Waals surface area contributed by atoms with E-state index in [9.17, 15) is 4.79 Å². The Morgan fingerprint density at radius 3 is 2.67 bits per heavy atom. The Bertz CT molecular complexity index is 508. The summed E-state index contributed by atoms with van der Waals surface area (Å²) in [6.07, 6.45) is 3.22. The van der Waals surface area contributed by atoms with Gasteiger partial charge in [-0.05, 0) is 19.1 Å². The minimum absolute atomic E-state index is 0.315. The van der Waals surface area contributed by atoms with Crippen molar-refractivity contribution in [1.29, 1.82) is 0 Å². The molecule has 0 fully saturated rings. The molecule has 5 heteroatoms. The molecule has 0 aliphatic heterocycles. The predicted molar refractivity (Wildman–Crippen MR) is 57.0 cm³/mol. The first-order valence-electron chi connectivity index (χ1n) is 4.29. The number of hydrogen-bond donors (Lipinski definition) is 1. The summed E-state index contributed by atoms with van der Waals surface area (Å²) < 4.78 is 0. The van der Waals surface area contributed by atoms with Crippen LogP contribution in [0.2, 0.25) is 0 Å². The fourth-order valence-corrected chi connectivity index (χ4v) is 2.12. The number of nitrogens with zero attached hydrogens (tertiary/aromatic N) is 2. The van der Waals surface area contributed by atoms with Crippen LogP contribution in [0.3, 0.4) is 0 Å². The average molecular weight is 220 g/mol. The van der Waals surface area contributed by atoms with Gasteiger partial charge in [0.25, 0.3) is 0 Å². The van der Waals surface area contributed by atoms with Crippen molar-refractivity contribution in [2.24, 2.45) is 0 Å². The van der Waals surface area contributed by atoms with Gasteiger partial charge in [0.2, 0.25) is 0 Å². The molecular weight excluding hydrogens is 212 g/mol. The van der Waals surface area contributed by atoms with E-state index >= 15 is 0 Å². The quantitative estimate of drug-likeness (QED) is 0.842. The molecule has 0 amide bonds. The third-order valence-electron chi connectivity index (χ3n) is 1.93. The number of aromatic carboxylic acids is 1. The zero-order chi connectivity index (χ0) is 10.8. The molecule has 15 heavy (non-hydrogen) atoms. The molecule has 76 valence electrons. The molecule has 0 saturated carbocycles. The van der Waals surface area contributed by atoms with Gasteiger partial charge < -0.3 is 5.11 Å². The second-order valence-corrected chi connectivity index (χ2v) is 4.04. The molecule has 2 heterocycles. The first kappa shape index (κ1) is 9.79. The van der Waals surface area contributed by atoms with Crippen LogP contribution in [-0.2, 0) is 0 Å². The molecule has 0 radical (unpaired) electrons. The van der Waals surface area contributed by atoms with Crippen molar-refractivity contribution in [3.8, 4) is 10.6 Å². The van der Waals surface area contributed by atoms with E-state index in [2.05, 4.69) is 9.97 Å². The Balaban J connectivity index is 2.46. The van der Waals surface area contributed by atoms with Crippen LogP contribution in [0.15, 0.2) is 24.5 Å². The van der Waals surface area contributed by atoms with E-state index in [1.165, 1.54) is 11.3 Å². The van der Waals surface area contributed by atoms with Crippen LogP contribution in [0.1, 0.15) is 15.4 Å². The molecule has 0 aliphatic rings. The number of aromatic nitrogens is 2. The Morgan fingerprint density at radius 1 is 1.33 bits per heavy atom. The second kappa shape index (κ2) is 3.78. The summed E-state index contributed by atoms with van der Waals surface area (Å²) in [5.41, 5.74) is 1.55. The number of carboxylic acids is 1. The first-order chi connectivity index (χ1) is 7.18. The molecule has 4 nitrogen and oxygen atoms in total. The zero-order valence-corrected chi connectivity index (χ0v) is 8.78.